The monoisotopic (exact) mass is 329 g/mol. The van der Waals surface area contributed by atoms with E-state index in [0.29, 0.717) is 30.0 Å². The van der Waals surface area contributed by atoms with E-state index in [4.69, 9.17) is 4.52 Å². The van der Waals surface area contributed by atoms with Crippen molar-refractivity contribution in [3.8, 4) is 0 Å². The maximum atomic E-state index is 12.8. The highest BCUT2D eigenvalue weighted by Gasteiger charge is 2.31. The van der Waals surface area contributed by atoms with Crippen molar-refractivity contribution in [2.45, 2.75) is 45.6 Å². The van der Waals surface area contributed by atoms with E-state index < -0.39 is 10.0 Å². The second-order valence-corrected chi connectivity index (χ2v) is 7.52. The molecule has 0 bridgehead atoms. The number of amides is 1. The minimum Gasteiger partial charge on any atom is -0.361 e. The van der Waals surface area contributed by atoms with Crippen LogP contribution in [0.3, 0.4) is 0 Å². The second-order valence-electron chi connectivity index (χ2n) is 5.68. The summed E-state index contributed by atoms with van der Waals surface area (Å²) in [6, 6.07) is -0.130. The molecular formula is C14H23N3O4S. The third-order valence-electron chi connectivity index (χ3n) is 3.95. The van der Waals surface area contributed by atoms with E-state index in [1.54, 1.807) is 11.8 Å². The Morgan fingerprint density at radius 2 is 2.18 bits per heavy atom. The standard InChI is InChI=1S/C14H23N3O4S/c1-4-12-13(10(2)21-16-12)14(18)17-8-6-5-7-11(17)9-15-22(3,19)20/h11,15H,4-9H2,1-3H3/t11-/m1/s1. The van der Waals surface area contributed by atoms with E-state index in [9.17, 15) is 13.2 Å². The van der Waals surface area contributed by atoms with E-state index in [0.717, 1.165) is 25.5 Å². The molecule has 22 heavy (non-hydrogen) atoms. The number of aryl methyl sites for hydroxylation is 2. The van der Waals surface area contributed by atoms with Crippen LogP contribution in [0.25, 0.3) is 0 Å². The normalized spacial score (nSPS) is 19.4. The lowest BCUT2D eigenvalue weighted by Gasteiger charge is -2.35. The fourth-order valence-corrected chi connectivity index (χ4v) is 3.30. The average Bonchev–Trinajstić information content (AvgIpc) is 2.85. The van der Waals surface area contributed by atoms with Crippen LogP contribution in [-0.4, -0.2) is 49.8 Å². The van der Waals surface area contributed by atoms with Gasteiger partial charge in [0.1, 0.15) is 11.3 Å². The summed E-state index contributed by atoms with van der Waals surface area (Å²) < 4.78 is 30.2. The summed E-state index contributed by atoms with van der Waals surface area (Å²) in [7, 11) is -3.27. The number of sulfonamides is 1. The number of hydrogen-bond acceptors (Lipinski definition) is 5. The quantitative estimate of drug-likeness (QED) is 0.873. The molecule has 1 atom stereocenters. The number of likely N-dealkylation sites (tertiary alicyclic amines) is 1. The third kappa shape index (κ3) is 3.86. The summed E-state index contributed by atoms with van der Waals surface area (Å²) in [4.78, 5) is 14.6. The Kier molecular flexibility index (Phi) is 5.23. The van der Waals surface area contributed by atoms with E-state index in [1.807, 2.05) is 6.92 Å². The Bertz CT molecular complexity index is 639. The van der Waals surface area contributed by atoms with Crippen molar-refractivity contribution in [1.82, 2.24) is 14.8 Å². The number of nitrogens with zero attached hydrogens (tertiary/aromatic N) is 2. The largest absolute Gasteiger partial charge is 0.361 e. The van der Waals surface area contributed by atoms with Crippen molar-refractivity contribution in [2.75, 3.05) is 19.3 Å². The van der Waals surface area contributed by atoms with Gasteiger partial charge in [-0.05, 0) is 32.6 Å². The lowest BCUT2D eigenvalue weighted by atomic mass is 10.00. The zero-order valence-electron chi connectivity index (χ0n) is 13.3. The number of carbonyl (C=O) groups is 1. The Hall–Kier alpha value is -1.41. The average molecular weight is 329 g/mol. The highest BCUT2D eigenvalue weighted by atomic mass is 32.2. The summed E-state index contributed by atoms with van der Waals surface area (Å²) in [6.07, 6.45) is 4.45. The first-order valence-electron chi connectivity index (χ1n) is 7.54. The number of carbonyl (C=O) groups excluding carboxylic acids is 1. The van der Waals surface area contributed by atoms with Crippen LogP contribution in [-0.2, 0) is 16.4 Å². The molecule has 2 heterocycles. The molecule has 1 N–H and O–H groups in total. The van der Waals surface area contributed by atoms with Gasteiger partial charge in [-0.15, -0.1) is 0 Å². The Morgan fingerprint density at radius 1 is 1.45 bits per heavy atom. The molecule has 1 aliphatic heterocycles. The summed E-state index contributed by atoms with van der Waals surface area (Å²) in [5, 5.41) is 3.93. The van der Waals surface area contributed by atoms with E-state index in [1.165, 1.54) is 0 Å². The maximum absolute atomic E-state index is 12.8. The molecule has 2 rings (SSSR count). The van der Waals surface area contributed by atoms with Crippen LogP contribution in [0, 0.1) is 6.92 Å². The van der Waals surface area contributed by atoms with Gasteiger partial charge in [0.25, 0.3) is 5.91 Å². The van der Waals surface area contributed by atoms with Gasteiger partial charge in [-0.2, -0.15) is 0 Å². The Balaban J connectivity index is 2.19. The van der Waals surface area contributed by atoms with Gasteiger partial charge in [0, 0.05) is 19.1 Å². The fraction of sp³-hybridized carbons (Fsp3) is 0.714. The molecule has 1 aromatic rings. The summed E-state index contributed by atoms with van der Waals surface area (Å²) >= 11 is 0. The molecule has 1 saturated heterocycles. The number of aromatic nitrogens is 1. The summed E-state index contributed by atoms with van der Waals surface area (Å²) in [5.41, 5.74) is 1.18. The highest BCUT2D eigenvalue weighted by Crippen LogP contribution is 2.23. The molecule has 1 aliphatic rings. The first kappa shape index (κ1) is 17.0. The van der Waals surface area contributed by atoms with Gasteiger partial charge in [0.2, 0.25) is 10.0 Å². The molecule has 0 spiro atoms. The third-order valence-corrected chi connectivity index (χ3v) is 4.64. The topological polar surface area (TPSA) is 92.5 Å². The number of rotatable bonds is 5. The van der Waals surface area contributed by atoms with Crippen LogP contribution in [0.2, 0.25) is 0 Å². The Morgan fingerprint density at radius 3 is 2.82 bits per heavy atom. The summed E-state index contributed by atoms with van der Waals surface area (Å²) in [6.45, 7) is 4.53. The lowest BCUT2D eigenvalue weighted by Crippen LogP contribution is -2.49. The molecule has 0 radical (unpaired) electrons. The van der Waals surface area contributed by atoms with Crippen LogP contribution in [0.5, 0.6) is 0 Å². The molecule has 0 aromatic carbocycles. The van der Waals surface area contributed by atoms with Gasteiger partial charge in [0.15, 0.2) is 0 Å². The van der Waals surface area contributed by atoms with Gasteiger partial charge < -0.3 is 9.42 Å². The molecular weight excluding hydrogens is 306 g/mol. The van der Waals surface area contributed by atoms with Crippen LogP contribution >= 0.6 is 0 Å². The van der Waals surface area contributed by atoms with Gasteiger partial charge in [-0.1, -0.05) is 12.1 Å². The smallest absolute Gasteiger partial charge is 0.259 e. The van der Waals surface area contributed by atoms with Crippen LogP contribution < -0.4 is 4.72 Å². The number of piperidine rings is 1. The van der Waals surface area contributed by atoms with Crippen LogP contribution in [0.4, 0.5) is 0 Å². The number of hydrogen-bond donors (Lipinski definition) is 1. The molecule has 1 amide bonds. The van der Waals surface area contributed by atoms with E-state index in [2.05, 4.69) is 9.88 Å². The molecule has 7 nitrogen and oxygen atoms in total. The van der Waals surface area contributed by atoms with Gasteiger partial charge in [-0.25, -0.2) is 13.1 Å². The predicted octanol–water partition coefficient (Wildman–Crippen LogP) is 1.09. The lowest BCUT2D eigenvalue weighted by molar-refractivity contribution is 0.0616. The van der Waals surface area contributed by atoms with Crippen molar-refractivity contribution in [2.24, 2.45) is 0 Å². The second kappa shape index (κ2) is 6.78. The fourth-order valence-electron chi connectivity index (χ4n) is 2.80. The zero-order chi connectivity index (χ0) is 16.3. The van der Waals surface area contributed by atoms with E-state index >= 15 is 0 Å². The number of nitrogens with one attached hydrogen (secondary N) is 1. The molecule has 1 fully saturated rings. The first-order chi connectivity index (χ1) is 10.3. The Labute approximate surface area is 131 Å². The van der Waals surface area contributed by atoms with Crippen LogP contribution in [0.1, 0.15) is 48.0 Å². The van der Waals surface area contributed by atoms with Crippen molar-refractivity contribution < 1.29 is 17.7 Å². The zero-order valence-corrected chi connectivity index (χ0v) is 14.1. The maximum Gasteiger partial charge on any atom is 0.259 e. The van der Waals surface area contributed by atoms with E-state index in [-0.39, 0.29) is 18.5 Å². The van der Waals surface area contributed by atoms with Crippen molar-refractivity contribution in [1.29, 1.82) is 0 Å². The molecule has 0 unspecified atom stereocenters. The minimum absolute atomic E-state index is 0.115. The summed E-state index contributed by atoms with van der Waals surface area (Å²) in [5.74, 6) is 0.401. The first-order valence-corrected chi connectivity index (χ1v) is 9.43. The van der Waals surface area contributed by atoms with Crippen molar-refractivity contribution in [3.05, 3.63) is 17.0 Å². The predicted molar refractivity (Wildman–Crippen MR) is 82.1 cm³/mol. The van der Waals surface area contributed by atoms with Gasteiger partial charge in [-0.3, -0.25) is 4.79 Å². The molecule has 8 heteroatoms. The molecule has 0 aliphatic carbocycles. The highest BCUT2D eigenvalue weighted by molar-refractivity contribution is 7.88. The van der Waals surface area contributed by atoms with Gasteiger partial charge in [0.05, 0.1) is 11.9 Å². The van der Waals surface area contributed by atoms with Crippen LogP contribution in [0.15, 0.2) is 4.52 Å². The van der Waals surface area contributed by atoms with Crippen molar-refractivity contribution >= 4 is 15.9 Å². The van der Waals surface area contributed by atoms with Crippen molar-refractivity contribution in [3.63, 3.8) is 0 Å². The minimum atomic E-state index is -3.27. The van der Waals surface area contributed by atoms with Gasteiger partial charge >= 0.3 is 0 Å². The molecule has 1 aromatic heterocycles. The molecule has 124 valence electrons. The SMILES string of the molecule is CCc1noc(C)c1C(=O)N1CCCC[C@@H]1CNS(C)(=O)=O. The molecule has 0 saturated carbocycles.